The number of aromatic nitrogens is 2. The maximum absolute atomic E-state index is 13.6. The van der Waals surface area contributed by atoms with E-state index in [1.165, 1.54) is 0 Å². The summed E-state index contributed by atoms with van der Waals surface area (Å²) >= 11 is 7.28. The van der Waals surface area contributed by atoms with Crippen LogP contribution in [-0.2, 0) is 0 Å². The Hall–Kier alpha value is -0.590. The highest BCUT2D eigenvalue weighted by Gasteiger charge is 2.34. The Balaban J connectivity index is 2.04. The number of anilines is 1. The Kier molecular flexibility index (Phi) is 4.86. The van der Waals surface area contributed by atoms with Crippen LogP contribution in [0.3, 0.4) is 0 Å². The third-order valence-electron chi connectivity index (χ3n) is 3.29. The van der Waals surface area contributed by atoms with E-state index in [9.17, 15) is 9.50 Å². The van der Waals surface area contributed by atoms with Crippen LogP contribution >= 0.6 is 23.4 Å². The highest BCUT2D eigenvalue weighted by Crippen LogP contribution is 2.32. The van der Waals surface area contributed by atoms with E-state index in [4.69, 9.17) is 11.6 Å². The summed E-state index contributed by atoms with van der Waals surface area (Å²) in [7, 11) is 0. The first-order valence-electron chi connectivity index (χ1n) is 6.18. The molecule has 4 nitrogen and oxygen atoms in total. The van der Waals surface area contributed by atoms with Crippen molar-refractivity contribution in [3.63, 3.8) is 0 Å². The van der Waals surface area contributed by atoms with Gasteiger partial charge in [0.15, 0.2) is 11.6 Å². The molecule has 0 unspecified atom stereocenters. The van der Waals surface area contributed by atoms with E-state index in [0.29, 0.717) is 12.2 Å². The highest BCUT2D eigenvalue weighted by atomic mass is 35.5. The first-order valence-corrected chi connectivity index (χ1v) is 7.95. The molecule has 0 aromatic carbocycles. The van der Waals surface area contributed by atoms with Crippen molar-refractivity contribution in [1.29, 1.82) is 0 Å². The predicted octanol–water partition coefficient (Wildman–Crippen LogP) is 2.72. The van der Waals surface area contributed by atoms with Crippen molar-refractivity contribution in [3.05, 3.63) is 17.3 Å². The second kappa shape index (κ2) is 6.24. The summed E-state index contributed by atoms with van der Waals surface area (Å²) < 4.78 is 13.6. The molecule has 0 amide bonds. The second-order valence-corrected chi connectivity index (χ2v) is 6.13. The number of hydrogen-bond acceptors (Lipinski definition) is 5. The number of aliphatic hydroxyl groups is 1. The minimum Gasteiger partial charge on any atom is -0.389 e. The van der Waals surface area contributed by atoms with Crippen molar-refractivity contribution >= 4 is 29.2 Å². The molecule has 1 aliphatic carbocycles. The van der Waals surface area contributed by atoms with Crippen molar-refractivity contribution in [2.24, 2.45) is 0 Å². The van der Waals surface area contributed by atoms with Crippen LogP contribution in [0.2, 0.25) is 5.28 Å². The van der Waals surface area contributed by atoms with Gasteiger partial charge in [0.25, 0.3) is 0 Å². The molecule has 106 valence electrons. The summed E-state index contributed by atoms with van der Waals surface area (Å²) in [5, 5.41) is 13.5. The van der Waals surface area contributed by atoms with Crippen LogP contribution in [0, 0.1) is 5.82 Å². The van der Waals surface area contributed by atoms with Crippen LogP contribution in [0.15, 0.2) is 6.20 Å². The summed E-state index contributed by atoms with van der Waals surface area (Å²) in [6.07, 6.45) is 6.20. The molecule has 0 radical (unpaired) electrons. The maximum Gasteiger partial charge on any atom is 0.224 e. The second-order valence-electron chi connectivity index (χ2n) is 4.93. The van der Waals surface area contributed by atoms with Gasteiger partial charge in [0.05, 0.1) is 11.8 Å². The Morgan fingerprint density at radius 1 is 1.68 bits per heavy atom. The fraction of sp³-hybridized carbons (Fsp3) is 0.667. The van der Waals surface area contributed by atoms with E-state index >= 15 is 0 Å². The van der Waals surface area contributed by atoms with Crippen LogP contribution in [0.4, 0.5) is 10.2 Å². The first kappa shape index (κ1) is 14.8. The van der Waals surface area contributed by atoms with Gasteiger partial charge in [0.1, 0.15) is 0 Å². The van der Waals surface area contributed by atoms with Crippen LogP contribution in [-0.4, -0.2) is 38.7 Å². The van der Waals surface area contributed by atoms with Gasteiger partial charge in [-0.1, -0.05) is 0 Å². The van der Waals surface area contributed by atoms with E-state index in [-0.39, 0.29) is 17.1 Å². The summed E-state index contributed by atoms with van der Waals surface area (Å²) in [6.45, 7) is 0. The maximum atomic E-state index is 13.6. The molecule has 7 heteroatoms. The zero-order valence-corrected chi connectivity index (χ0v) is 12.3. The molecule has 1 aliphatic rings. The SMILES string of the molecule is CSC[C@@]1(O)CCC[C@H](Nc2nc(Cl)ncc2F)C1. The Morgan fingerprint density at radius 2 is 2.47 bits per heavy atom. The number of hydrogen-bond donors (Lipinski definition) is 2. The van der Waals surface area contributed by atoms with Crippen molar-refractivity contribution in [3.8, 4) is 0 Å². The average molecular weight is 306 g/mol. The van der Waals surface area contributed by atoms with Gasteiger partial charge in [-0.15, -0.1) is 0 Å². The fourth-order valence-electron chi connectivity index (χ4n) is 2.50. The monoisotopic (exact) mass is 305 g/mol. The lowest BCUT2D eigenvalue weighted by molar-refractivity contribution is 0.0229. The van der Waals surface area contributed by atoms with E-state index in [0.717, 1.165) is 25.5 Å². The lowest BCUT2D eigenvalue weighted by atomic mass is 9.83. The number of thioether (sulfide) groups is 1. The highest BCUT2D eigenvalue weighted by molar-refractivity contribution is 7.98. The summed E-state index contributed by atoms with van der Waals surface area (Å²) in [6, 6.07) is 0.00590. The molecule has 1 aromatic heterocycles. The molecule has 1 heterocycles. The molecule has 0 bridgehead atoms. The third kappa shape index (κ3) is 3.94. The zero-order valence-electron chi connectivity index (χ0n) is 10.7. The van der Waals surface area contributed by atoms with Gasteiger partial charge >= 0.3 is 0 Å². The van der Waals surface area contributed by atoms with Crippen LogP contribution in [0.1, 0.15) is 25.7 Å². The molecule has 2 N–H and O–H groups in total. The fourth-order valence-corrected chi connectivity index (χ4v) is 3.44. The quantitative estimate of drug-likeness (QED) is 0.838. The smallest absolute Gasteiger partial charge is 0.224 e. The standard InChI is InChI=1S/C12H17ClFN3OS/c1-19-7-12(18)4-2-3-8(5-12)16-10-9(14)6-15-11(13)17-10/h6,8,18H,2-5,7H2,1H3,(H,15,16,17)/t8-,12+/m0/s1. The number of rotatable bonds is 4. The van der Waals surface area contributed by atoms with Crippen LogP contribution < -0.4 is 5.32 Å². The Bertz CT molecular complexity index is 447. The minimum atomic E-state index is -0.678. The van der Waals surface area contributed by atoms with Gasteiger partial charge in [-0.3, -0.25) is 0 Å². The molecular formula is C12H17ClFN3OS. The Labute approximate surface area is 121 Å². The van der Waals surface area contributed by atoms with Gasteiger partial charge in [0, 0.05) is 11.8 Å². The normalized spacial score (nSPS) is 27.3. The van der Waals surface area contributed by atoms with Gasteiger partial charge < -0.3 is 10.4 Å². The molecule has 0 saturated heterocycles. The van der Waals surface area contributed by atoms with Crippen LogP contribution in [0.5, 0.6) is 0 Å². The predicted molar refractivity (Wildman–Crippen MR) is 76.2 cm³/mol. The van der Waals surface area contributed by atoms with E-state index < -0.39 is 11.4 Å². The van der Waals surface area contributed by atoms with E-state index in [2.05, 4.69) is 15.3 Å². The van der Waals surface area contributed by atoms with Gasteiger partial charge in [-0.25, -0.2) is 9.37 Å². The molecule has 1 saturated carbocycles. The van der Waals surface area contributed by atoms with Crippen molar-refractivity contribution in [2.75, 3.05) is 17.3 Å². The minimum absolute atomic E-state index is 0.00590. The van der Waals surface area contributed by atoms with Crippen molar-refractivity contribution < 1.29 is 9.50 Å². The molecule has 2 atom stereocenters. The molecule has 1 fully saturated rings. The zero-order chi connectivity index (χ0) is 13.9. The lowest BCUT2D eigenvalue weighted by Gasteiger charge is -2.37. The topological polar surface area (TPSA) is 58.0 Å². The largest absolute Gasteiger partial charge is 0.389 e. The lowest BCUT2D eigenvalue weighted by Crippen LogP contribution is -2.42. The van der Waals surface area contributed by atoms with E-state index in [1.54, 1.807) is 11.8 Å². The molecule has 0 aliphatic heterocycles. The summed E-state index contributed by atoms with van der Waals surface area (Å²) in [4.78, 5) is 7.42. The summed E-state index contributed by atoms with van der Waals surface area (Å²) in [5.41, 5.74) is -0.678. The van der Waals surface area contributed by atoms with Crippen molar-refractivity contribution in [1.82, 2.24) is 9.97 Å². The Morgan fingerprint density at radius 3 is 3.21 bits per heavy atom. The van der Waals surface area contributed by atoms with Crippen LogP contribution in [0.25, 0.3) is 0 Å². The molecule has 2 rings (SSSR count). The molecule has 1 aromatic rings. The first-order chi connectivity index (χ1) is 9.02. The number of nitrogens with one attached hydrogen (secondary N) is 1. The average Bonchev–Trinajstić information content (AvgIpc) is 2.34. The molecular weight excluding hydrogens is 289 g/mol. The number of nitrogens with zero attached hydrogens (tertiary/aromatic N) is 2. The van der Waals surface area contributed by atoms with Gasteiger partial charge in [-0.2, -0.15) is 16.7 Å². The van der Waals surface area contributed by atoms with E-state index in [1.807, 2.05) is 6.26 Å². The molecule has 0 spiro atoms. The molecule has 19 heavy (non-hydrogen) atoms. The van der Waals surface area contributed by atoms with Gasteiger partial charge in [-0.05, 0) is 43.5 Å². The van der Waals surface area contributed by atoms with Gasteiger partial charge in [0.2, 0.25) is 5.28 Å². The number of halogens is 2. The third-order valence-corrected chi connectivity index (χ3v) is 4.30. The van der Waals surface area contributed by atoms with Crippen molar-refractivity contribution in [2.45, 2.75) is 37.3 Å². The summed E-state index contributed by atoms with van der Waals surface area (Å²) in [5.74, 6) is 0.278.